The lowest BCUT2D eigenvalue weighted by Crippen LogP contribution is -2.37. The van der Waals surface area contributed by atoms with Crippen LogP contribution in [0.15, 0.2) is 59.1 Å². The Labute approximate surface area is 219 Å². The van der Waals surface area contributed by atoms with Gasteiger partial charge in [0.25, 0.3) is 0 Å². The van der Waals surface area contributed by atoms with E-state index < -0.39 is 16.0 Å². The molecule has 1 aliphatic rings. The van der Waals surface area contributed by atoms with Crippen molar-refractivity contribution < 1.29 is 23.1 Å². The van der Waals surface area contributed by atoms with Crippen LogP contribution in [-0.2, 0) is 21.4 Å². The Balaban J connectivity index is 1.37. The molecule has 194 valence electrons. The maximum Gasteiger partial charge on any atom is 0.323 e. The van der Waals surface area contributed by atoms with Crippen LogP contribution in [0.3, 0.4) is 0 Å². The molecule has 1 N–H and O–H groups in total. The molecule has 0 spiro atoms. The molecule has 0 aliphatic carbocycles. The molecule has 4 heterocycles. The van der Waals surface area contributed by atoms with Crippen LogP contribution in [0.25, 0.3) is 21.7 Å². The number of thiazole rings is 1. The molecule has 4 aromatic rings. The molecule has 1 saturated heterocycles. The molecule has 3 aromatic heterocycles. The third kappa shape index (κ3) is 5.25. The first-order valence-electron chi connectivity index (χ1n) is 12.1. The van der Waals surface area contributed by atoms with Crippen molar-refractivity contribution in [1.29, 1.82) is 0 Å². The second kappa shape index (κ2) is 10.2. The second-order valence-corrected chi connectivity index (χ2v) is 12.2. The van der Waals surface area contributed by atoms with Crippen LogP contribution in [-0.4, -0.2) is 57.5 Å². The summed E-state index contributed by atoms with van der Waals surface area (Å²) in [5.74, 6) is -0.217. The van der Waals surface area contributed by atoms with Crippen molar-refractivity contribution in [2.45, 2.75) is 50.2 Å². The van der Waals surface area contributed by atoms with E-state index in [9.17, 15) is 18.3 Å². The van der Waals surface area contributed by atoms with Gasteiger partial charge in [-0.05, 0) is 74.6 Å². The number of pyridine rings is 1. The lowest BCUT2D eigenvalue weighted by atomic mass is 9.90. The summed E-state index contributed by atoms with van der Waals surface area (Å²) in [6, 6.07) is 10.4. The summed E-state index contributed by atoms with van der Waals surface area (Å²) in [7, 11) is -3.62. The molecule has 0 bridgehead atoms. The maximum absolute atomic E-state index is 13.3. The lowest BCUT2D eigenvalue weighted by Gasteiger charge is -2.31. The van der Waals surface area contributed by atoms with Crippen LogP contribution in [0.1, 0.15) is 38.2 Å². The van der Waals surface area contributed by atoms with Gasteiger partial charge in [0, 0.05) is 36.2 Å². The van der Waals surface area contributed by atoms with Gasteiger partial charge in [-0.2, -0.15) is 4.31 Å². The molecule has 5 rings (SSSR count). The standard InChI is InChI=1S/C26H28N4O5S2/c1-17(2)35-19-3-5-20(6-4-19)37(33,34)30-12-9-18(10-13-30)22-15-29(16-24(31)32)25-21(22)7-8-23(28-25)26-27-11-14-36-26/h3-8,11,14-15,17-18H,9-10,12-13,16H2,1-2H3,(H,31,32). The van der Waals surface area contributed by atoms with E-state index in [0.717, 1.165) is 16.0 Å². The average molecular weight is 541 g/mol. The highest BCUT2D eigenvalue weighted by Gasteiger charge is 2.31. The van der Waals surface area contributed by atoms with Gasteiger partial charge < -0.3 is 14.4 Å². The van der Waals surface area contributed by atoms with Crippen molar-refractivity contribution in [3.63, 3.8) is 0 Å². The number of fused-ring (bicyclic) bond motifs is 1. The van der Waals surface area contributed by atoms with Gasteiger partial charge >= 0.3 is 5.97 Å². The number of hydrogen-bond donors (Lipinski definition) is 1. The van der Waals surface area contributed by atoms with Crippen molar-refractivity contribution in [2.24, 2.45) is 0 Å². The Bertz CT molecular complexity index is 1500. The minimum Gasteiger partial charge on any atom is -0.491 e. The molecule has 0 atom stereocenters. The smallest absolute Gasteiger partial charge is 0.323 e. The summed E-state index contributed by atoms with van der Waals surface area (Å²) in [6.45, 7) is 4.41. The fourth-order valence-electron chi connectivity index (χ4n) is 4.77. The Morgan fingerprint density at radius 2 is 1.89 bits per heavy atom. The van der Waals surface area contributed by atoms with Gasteiger partial charge in [0.2, 0.25) is 10.0 Å². The summed E-state index contributed by atoms with van der Waals surface area (Å²) < 4.78 is 35.3. The maximum atomic E-state index is 13.3. The van der Waals surface area contributed by atoms with Crippen LogP contribution in [0, 0.1) is 0 Å². The minimum atomic E-state index is -3.62. The Morgan fingerprint density at radius 3 is 2.51 bits per heavy atom. The van der Waals surface area contributed by atoms with E-state index >= 15 is 0 Å². The number of aromatic nitrogens is 3. The van der Waals surface area contributed by atoms with E-state index in [2.05, 4.69) is 4.98 Å². The van der Waals surface area contributed by atoms with E-state index in [1.165, 1.54) is 15.6 Å². The lowest BCUT2D eigenvalue weighted by molar-refractivity contribution is -0.137. The van der Waals surface area contributed by atoms with Crippen LogP contribution in [0.4, 0.5) is 0 Å². The molecule has 1 aromatic carbocycles. The van der Waals surface area contributed by atoms with E-state index in [-0.39, 0.29) is 23.5 Å². The first-order chi connectivity index (χ1) is 17.7. The van der Waals surface area contributed by atoms with Crippen molar-refractivity contribution in [1.82, 2.24) is 18.8 Å². The Kier molecular flexibility index (Phi) is 7.02. The molecule has 0 amide bonds. The predicted octanol–water partition coefficient (Wildman–Crippen LogP) is 4.60. The SMILES string of the molecule is CC(C)Oc1ccc(S(=O)(=O)N2CCC(c3cn(CC(=O)O)c4nc(-c5nccs5)ccc34)CC2)cc1. The zero-order valence-electron chi connectivity index (χ0n) is 20.6. The molecular formula is C26H28N4O5S2. The summed E-state index contributed by atoms with van der Waals surface area (Å²) in [5.41, 5.74) is 2.30. The summed E-state index contributed by atoms with van der Waals surface area (Å²) in [5, 5.41) is 13.0. The molecule has 1 aliphatic heterocycles. The number of rotatable bonds is 8. The van der Waals surface area contributed by atoms with Gasteiger partial charge in [-0.15, -0.1) is 11.3 Å². The number of benzene rings is 1. The largest absolute Gasteiger partial charge is 0.491 e. The minimum absolute atomic E-state index is 0.0112. The molecule has 1 fully saturated rings. The van der Waals surface area contributed by atoms with Crippen molar-refractivity contribution in [3.8, 4) is 16.5 Å². The number of carbonyl (C=O) groups is 1. The third-order valence-electron chi connectivity index (χ3n) is 6.44. The van der Waals surface area contributed by atoms with Gasteiger partial charge in [-0.1, -0.05) is 0 Å². The van der Waals surface area contributed by atoms with Crippen LogP contribution in [0.2, 0.25) is 0 Å². The number of sulfonamides is 1. The molecule has 0 unspecified atom stereocenters. The summed E-state index contributed by atoms with van der Waals surface area (Å²) >= 11 is 1.47. The van der Waals surface area contributed by atoms with Crippen molar-refractivity contribution >= 4 is 38.4 Å². The van der Waals surface area contributed by atoms with Gasteiger partial charge in [0.05, 0.1) is 11.0 Å². The summed E-state index contributed by atoms with van der Waals surface area (Å²) in [6.07, 6.45) is 4.85. The molecule has 0 saturated carbocycles. The van der Waals surface area contributed by atoms with E-state index in [1.807, 2.05) is 37.6 Å². The zero-order valence-corrected chi connectivity index (χ0v) is 22.2. The monoisotopic (exact) mass is 540 g/mol. The number of ether oxygens (including phenoxy) is 1. The number of aliphatic carboxylic acids is 1. The first kappa shape index (κ1) is 25.4. The van der Waals surface area contributed by atoms with Gasteiger partial charge in [0.15, 0.2) is 0 Å². The fourth-order valence-corrected chi connectivity index (χ4v) is 6.85. The highest BCUT2D eigenvalue weighted by atomic mass is 32.2. The fraction of sp³-hybridized carbons (Fsp3) is 0.346. The molecule has 0 radical (unpaired) electrons. The van der Waals surface area contributed by atoms with Crippen LogP contribution >= 0.6 is 11.3 Å². The topological polar surface area (TPSA) is 115 Å². The number of hydrogen-bond acceptors (Lipinski definition) is 7. The third-order valence-corrected chi connectivity index (χ3v) is 9.15. The Hall–Kier alpha value is -3.28. The Morgan fingerprint density at radius 1 is 1.16 bits per heavy atom. The number of carboxylic acids is 1. The van der Waals surface area contributed by atoms with Gasteiger partial charge in [0.1, 0.15) is 28.6 Å². The number of nitrogens with zero attached hydrogens (tertiary/aromatic N) is 4. The normalized spacial score (nSPS) is 15.4. The molecule has 9 nitrogen and oxygen atoms in total. The molecule has 37 heavy (non-hydrogen) atoms. The highest BCUT2D eigenvalue weighted by Crippen LogP contribution is 2.36. The zero-order chi connectivity index (χ0) is 26.2. The van der Waals surface area contributed by atoms with Crippen LogP contribution < -0.4 is 4.74 Å². The highest BCUT2D eigenvalue weighted by molar-refractivity contribution is 7.89. The quantitative estimate of drug-likeness (QED) is 0.347. The number of piperidine rings is 1. The van der Waals surface area contributed by atoms with Crippen molar-refractivity contribution in [3.05, 3.63) is 59.7 Å². The molecular weight excluding hydrogens is 512 g/mol. The number of carboxylic acid groups (broad SMARTS) is 1. The van der Waals surface area contributed by atoms with E-state index in [1.54, 1.807) is 35.0 Å². The first-order valence-corrected chi connectivity index (χ1v) is 14.4. The van der Waals surface area contributed by atoms with E-state index in [4.69, 9.17) is 9.72 Å². The summed E-state index contributed by atoms with van der Waals surface area (Å²) in [4.78, 5) is 20.8. The van der Waals surface area contributed by atoms with E-state index in [0.29, 0.717) is 43.0 Å². The van der Waals surface area contributed by atoms with Crippen LogP contribution in [0.5, 0.6) is 5.75 Å². The predicted molar refractivity (Wildman–Crippen MR) is 141 cm³/mol. The molecule has 11 heteroatoms. The van der Waals surface area contributed by atoms with Crippen molar-refractivity contribution in [2.75, 3.05) is 13.1 Å². The van der Waals surface area contributed by atoms with Gasteiger partial charge in [-0.3, -0.25) is 4.79 Å². The average Bonchev–Trinajstić information content (AvgIpc) is 3.52. The van der Waals surface area contributed by atoms with Gasteiger partial charge in [-0.25, -0.2) is 18.4 Å². The second-order valence-electron chi connectivity index (χ2n) is 9.33.